The van der Waals surface area contributed by atoms with Crippen LogP contribution in [0.15, 0.2) is 71.3 Å². The predicted molar refractivity (Wildman–Crippen MR) is 151 cm³/mol. The molecule has 1 amide bonds. The van der Waals surface area contributed by atoms with Gasteiger partial charge >= 0.3 is 12.1 Å². The summed E-state index contributed by atoms with van der Waals surface area (Å²) in [5.41, 5.74) is 4.11. The van der Waals surface area contributed by atoms with Crippen LogP contribution in [0.4, 0.5) is 4.79 Å². The van der Waals surface area contributed by atoms with Crippen LogP contribution in [0, 0.1) is 0 Å². The van der Waals surface area contributed by atoms with Gasteiger partial charge in [-0.1, -0.05) is 48.5 Å². The minimum absolute atomic E-state index is 0.00596. The van der Waals surface area contributed by atoms with Crippen LogP contribution in [0.5, 0.6) is 0 Å². The third kappa shape index (κ3) is 5.13. The molecule has 0 bridgehead atoms. The predicted octanol–water partition coefficient (Wildman–Crippen LogP) is 5.73. The minimum Gasteiger partial charge on any atom is -0.480 e. The summed E-state index contributed by atoms with van der Waals surface area (Å²) in [6.07, 6.45) is 3.65. The van der Waals surface area contributed by atoms with Crippen molar-refractivity contribution in [2.45, 2.75) is 42.8 Å². The number of rotatable bonds is 6. The molecule has 40 heavy (non-hydrogen) atoms. The number of carboxylic acids is 1. The molecule has 9 heteroatoms. The number of halogens is 1. The Morgan fingerprint density at radius 1 is 1.00 bits per heavy atom. The molecule has 1 spiro atoms. The molecule has 8 nitrogen and oxygen atoms in total. The smallest absolute Gasteiger partial charge is 0.409 e. The highest BCUT2D eigenvalue weighted by atomic mass is 79.9. The summed E-state index contributed by atoms with van der Waals surface area (Å²) >= 11 is 3.41. The van der Waals surface area contributed by atoms with E-state index in [2.05, 4.69) is 45.2 Å². The Labute approximate surface area is 241 Å². The summed E-state index contributed by atoms with van der Waals surface area (Å²) in [5, 5.41) is 9.29. The van der Waals surface area contributed by atoms with Crippen LogP contribution < -0.4 is 0 Å². The molecule has 208 valence electrons. The van der Waals surface area contributed by atoms with Crippen molar-refractivity contribution in [3.63, 3.8) is 0 Å². The van der Waals surface area contributed by atoms with Gasteiger partial charge in [0.2, 0.25) is 0 Å². The molecular weight excluding hydrogens is 576 g/mol. The second kappa shape index (κ2) is 11.0. The molecule has 3 aliphatic rings. The lowest BCUT2D eigenvalue weighted by atomic mass is 9.73. The van der Waals surface area contributed by atoms with Crippen molar-refractivity contribution in [2.24, 2.45) is 0 Å². The zero-order valence-electron chi connectivity index (χ0n) is 22.1. The minimum atomic E-state index is -1.02. The van der Waals surface area contributed by atoms with Gasteiger partial charge in [0.15, 0.2) is 0 Å². The zero-order valence-corrected chi connectivity index (χ0v) is 23.6. The van der Waals surface area contributed by atoms with E-state index in [1.807, 2.05) is 36.4 Å². The molecule has 1 aliphatic heterocycles. The number of benzene rings is 2. The first kappa shape index (κ1) is 26.9. The van der Waals surface area contributed by atoms with Gasteiger partial charge in [0.05, 0.1) is 24.4 Å². The van der Waals surface area contributed by atoms with Gasteiger partial charge in [-0.3, -0.25) is 4.98 Å². The number of ether oxygens (including phenoxy) is 3. The van der Waals surface area contributed by atoms with Crippen LogP contribution in [-0.4, -0.2) is 65.6 Å². The van der Waals surface area contributed by atoms with Gasteiger partial charge in [0.1, 0.15) is 18.8 Å². The van der Waals surface area contributed by atoms with Crippen molar-refractivity contribution < 1.29 is 28.9 Å². The Hall–Kier alpha value is -3.27. The van der Waals surface area contributed by atoms with Crippen LogP contribution in [0.2, 0.25) is 0 Å². The van der Waals surface area contributed by atoms with Gasteiger partial charge in [-0.2, -0.15) is 0 Å². The monoisotopic (exact) mass is 606 g/mol. The van der Waals surface area contributed by atoms with Gasteiger partial charge in [0, 0.05) is 23.1 Å². The van der Waals surface area contributed by atoms with Gasteiger partial charge in [-0.15, -0.1) is 0 Å². The molecule has 0 atom stereocenters. The Morgan fingerprint density at radius 2 is 1.68 bits per heavy atom. The van der Waals surface area contributed by atoms with Crippen LogP contribution >= 0.6 is 15.9 Å². The topological polar surface area (TPSA) is 98.2 Å². The zero-order chi connectivity index (χ0) is 27.7. The highest BCUT2D eigenvalue weighted by Crippen LogP contribution is 2.47. The fourth-order valence-electron chi connectivity index (χ4n) is 6.42. The lowest BCUT2D eigenvalue weighted by Crippen LogP contribution is -2.57. The SMILES string of the molecule is O=C(O)COC1(c2ccc(Br)cn2)CCC2(CC1)CN(C(=O)OCC1c3ccccc3-c3ccccc31)CCO2. The summed E-state index contributed by atoms with van der Waals surface area (Å²) in [6.45, 7) is 1.18. The highest BCUT2D eigenvalue weighted by Gasteiger charge is 2.49. The Morgan fingerprint density at radius 3 is 2.30 bits per heavy atom. The number of pyridine rings is 1. The van der Waals surface area contributed by atoms with Crippen molar-refractivity contribution in [3.05, 3.63) is 88.2 Å². The third-order valence-corrected chi connectivity index (χ3v) is 8.95. The normalized spacial score (nSPS) is 24.0. The van der Waals surface area contributed by atoms with Crippen molar-refractivity contribution in [3.8, 4) is 11.1 Å². The maximum absolute atomic E-state index is 13.3. The van der Waals surface area contributed by atoms with E-state index in [4.69, 9.17) is 14.2 Å². The number of hydrogen-bond acceptors (Lipinski definition) is 6. The molecule has 0 unspecified atom stereocenters. The quantitative estimate of drug-likeness (QED) is 0.382. The Kier molecular flexibility index (Phi) is 7.37. The fraction of sp³-hybridized carbons (Fsp3) is 0.387. The molecule has 3 aromatic rings. The lowest BCUT2D eigenvalue weighted by Gasteiger charge is -2.49. The molecule has 0 radical (unpaired) electrons. The Bertz CT molecular complexity index is 1360. The van der Waals surface area contributed by atoms with E-state index < -0.39 is 23.8 Å². The highest BCUT2D eigenvalue weighted by molar-refractivity contribution is 9.10. The second-order valence-corrected chi connectivity index (χ2v) is 11.7. The number of amides is 1. The number of fused-ring (bicyclic) bond motifs is 3. The molecule has 1 aromatic heterocycles. The second-order valence-electron chi connectivity index (χ2n) is 10.8. The molecule has 6 rings (SSSR count). The standard InChI is InChI=1S/C31H31BrN2O6/c32-21-9-10-27(33-17-21)31(40-19-28(35)36)13-11-30(12-14-31)20-34(15-16-39-30)29(37)38-18-26-24-7-3-1-5-22(24)23-6-2-4-8-25(23)26/h1-10,17,26H,11-16,18-20H2,(H,35,36). The van der Waals surface area contributed by atoms with Crippen molar-refractivity contribution in [1.82, 2.24) is 9.88 Å². The van der Waals surface area contributed by atoms with E-state index in [1.165, 1.54) is 22.3 Å². The van der Waals surface area contributed by atoms with E-state index in [0.29, 0.717) is 51.1 Å². The van der Waals surface area contributed by atoms with Crippen molar-refractivity contribution in [2.75, 3.05) is 32.9 Å². The maximum atomic E-state index is 13.3. The first-order valence-electron chi connectivity index (χ1n) is 13.6. The molecule has 1 saturated heterocycles. The number of carboxylic acid groups (broad SMARTS) is 1. The largest absolute Gasteiger partial charge is 0.480 e. The number of carbonyl (C=O) groups excluding carboxylic acids is 1. The number of nitrogens with zero attached hydrogens (tertiary/aromatic N) is 2. The maximum Gasteiger partial charge on any atom is 0.409 e. The van der Waals surface area contributed by atoms with Crippen LogP contribution in [0.1, 0.15) is 48.4 Å². The summed E-state index contributed by atoms with van der Waals surface area (Å²) in [5.74, 6) is -1.02. The first-order chi connectivity index (χ1) is 19.4. The molecule has 1 N–H and O–H groups in total. The van der Waals surface area contributed by atoms with E-state index in [0.717, 1.165) is 4.47 Å². The summed E-state index contributed by atoms with van der Waals surface area (Å²) in [4.78, 5) is 30.9. The molecule has 2 fully saturated rings. The van der Waals surface area contributed by atoms with E-state index in [-0.39, 0.29) is 18.6 Å². The summed E-state index contributed by atoms with van der Waals surface area (Å²) in [7, 11) is 0. The van der Waals surface area contributed by atoms with Crippen LogP contribution in [-0.2, 0) is 24.6 Å². The van der Waals surface area contributed by atoms with E-state index >= 15 is 0 Å². The average Bonchev–Trinajstić information content (AvgIpc) is 3.30. The number of carbonyl (C=O) groups is 2. The van der Waals surface area contributed by atoms with Crippen LogP contribution in [0.3, 0.4) is 0 Å². The molecule has 1 saturated carbocycles. The van der Waals surface area contributed by atoms with Gasteiger partial charge in [-0.25, -0.2) is 9.59 Å². The lowest BCUT2D eigenvalue weighted by molar-refractivity contribution is -0.177. The van der Waals surface area contributed by atoms with Gasteiger partial charge in [-0.05, 0) is 76.0 Å². The number of morpholine rings is 1. The van der Waals surface area contributed by atoms with E-state index in [1.54, 1.807) is 11.1 Å². The van der Waals surface area contributed by atoms with Crippen LogP contribution in [0.25, 0.3) is 11.1 Å². The first-order valence-corrected chi connectivity index (χ1v) is 14.4. The van der Waals surface area contributed by atoms with Crippen molar-refractivity contribution in [1.29, 1.82) is 0 Å². The Balaban J connectivity index is 1.12. The van der Waals surface area contributed by atoms with Gasteiger partial charge in [0.25, 0.3) is 0 Å². The van der Waals surface area contributed by atoms with Gasteiger partial charge < -0.3 is 24.2 Å². The molecule has 2 aromatic carbocycles. The van der Waals surface area contributed by atoms with E-state index in [9.17, 15) is 14.7 Å². The number of aromatic nitrogens is 1. The third-order valence-electron chi connectivity index (χ3n) is 8.48. The number of hydrogen-bond donors (Lipinski definition) is 1. The summed E-state index contributed by atoms with van der Waals surface area (Å²) in [6, 6.07) is 20.3. The number of aliphatic carboxylic acids is 1. The molecule has 2 aliphatic carbocycles. The molecular formula is C31H31BrN2O6. The fourth-order valence-corrected chi connectivity index (χ4v) is 6.65. The summed E-state index contributed by atoms with van der Waals surface area (Å²) < 4.78 is 19.0. The van der Waals surface area contributed by atoms with Crippen molar-refractivity contribution >= 4 is 28.0 Å². The molecule has 2 heterocycles. The average molecular weight is 608 g/mol.